The first-order chi connectivity index (χ1) is 6.61. The van der Waals surface area contributed by atoms with Gasteiger partial charge in [0.05, 0.1) is 11.8 Å². The zero-order chi connectivity index (χ0) is 10.7. The Labute approximate surface area is 85.5 Å². The fraction of sp³-hybridized carbons (Fsp3) is 0.857. The predicted molar refractivity (Wildman–Crippen MR) is 48.8 cm³/mol. The van der Waals surface area contributed by atoms with Gasteiger partial charge in [-0.15, -0.1) is 0 Å². The van der Waals surface area contributed by atoms with Gasteiger partial charge in [-0.3, -0.25) is 0 Å². The number of rotatable bonds is 2. The summed E-state index contributed by atoms with van der Waals surface area (Å²) in [5, 5.41) is 38.9. The van der Waals surface area contributed by atoms with E-state index in [0.29, 0.717) is 0 Å². The van der Waals surface area contributed by atoms with Crippen LogP contribution in [0.1, 0.15) is 0 Å². The summed E-state index contributed by atoms with van der Waals surface area (Å²) in [6, 6.07) is -1.06. The third kappa shape index (κ3) is 2.15. The Hall–Kier alpha value is -0.400. The van der Waals surface area contributed by atoms with E-state index in [2.05, 4.69) is 17.2 Å². The standard InChI is InChI=1S/C7H11NO5S/c9-1-3-5(10)6(11)4(8-2-14)7(12)13-3/h3-7,9-12H,1H2/t3-,4+,5-,6-,7+/m1/s1. The van der Waals surface area contributed by atoms with Gasteiger partial charge in [-0.25, -0.2) is 4.99 Å². The predicted octanol–water partition coefficient (Wildman–Crippen LogP) is -2.11. The number of aliphatic hydroxyl groups is 4. The third-order valence-electron chi connectivity index (χ3n) is 2.07. The summed E-state index contributed by atoms with van der Waals surface area (Å²) in [5.74, 6) is 0. The summed E-state index contributed by atoms with van der Waals surface area (Å²) in [6.45, 7) is -0.497. The van der Waals surface area contributed by atoms with Crippen LogP contribution in [0, 0.1) is 0 Å². The van der Waals surface area contributed by atoms with Crippen molar-refractivity contribution in [2.45, 2.75) is 30.6 Å². The van der Waals surface area contributed by atoms with Crippen molar-refractivity contribution in [1.82, 2.24) is 0 Å². The van der Waals surface area contributed by atoms with Crippen LogP contribution >= 0.6 is 12.2 Å². The molecule has 0 aromatic heterocycles. The smallest absolute Gasteiger partial charge is 0.181 e. The molecule has 80 valence electrons. The minimum Gasteiger partial charge on any atom is -0.394 e. The van der Waals surface area contributed by atoms with Crippen LogP contribution in [0.3, 0.4) is 0 Å². The molecule has 0 aromatic carbocycles. The number of hydrogen-bond acceptors (Lipinski definition) is 7. The summed E-state index contributed by atoms with van der Waals surface area (Å²) in [7, 11) is 0. The molecule has 1 saturated heterocycles. The summed E-state index contributed by atoms with van der Waals surface area (Å²) < 4.78 is 4.80. The van der Waals surface area contributed by atoms with Crippen molar-refractivity contribution in [3.63, 3.8) is 0 Å². The van der Waals surface area contributed by atoms with Crippen molar-refractivity contribution in [2.75, 3.05) is 6.61 Å². The molecule has 0 aromatic rings. The lowest BCUT2D eigenvalue weighted by molar-refractivity contribution is -0.248. The van der Waals surface area contributed by atoms with Gasteiger partial charge in [-0.2, -0.15) is 0 Å². The monoisotopic (exact) mass is 221 g/mol. The molecule has 5 atom stereocenters. The zero-order valence-corrected chi connectivity index (χ0v) is 7.96. The highest BCUT2D eigenvalue weighted by Crippen LogP contribution is 2.21. The van der Waals surface area contributed by atoms with Crippen LogP contribution < -0.4 is 0 Å². The molecule has 1 aliphatic rings. The third-order valence-corrected chi connectivity index (χ3v) is 2.17. The van der Waals surface area contributed by atoms with E-state index in [1.807, 2.05) is 5.16 Å². The van der Waals surface area contributed by atoms with Gasteiger partial charge in [0.25, 0.3) is 0 Å². The Morgan fingerprint density at radius 1 is 1.29 bits per heavy atom. The number of aliphatic hydroxyl groups excluding tert-OH is 4. The fourth-order valence-electron chi connectivity index (χ4n) is 1.28. The second-order valence-corrected chi connectivity index (χ2v) is 3.12. The van der Waals surface area contributed by atoms with E-state index in [4.69, 9.17) is 9.84 Å². The van der Waals surface area contributed by atoms with Crippen LogP contribution in [0.4, 0.5) is 0 Å². The average molecular weight is 221 g/mol. The van der Waals surface area contributed by atoms with Crippen LogP contribution in [-0.4, -0.2) is 62.8 Å². The maximum Gasteiger partial charge on any atom is 0.181 e. The van der Waals surface area contributed by atoms with Gasteiger partial charge in [-0.05, 0) is 12.2 Å². The Morgan fingerprint density at radius 3 is 2.43 bits per heavy atom. The van der Waals surface area contributed by atoms with Crippen LogP contribution in [0.5, 0.6) is 0 Å². The largest absolute Gasteiger partial charge is 0.394 e. The molecule has 14 heavy (non-hydrogen) atoms. The second kappa shape index (κ2) is 4.90. The minimum absolute atomic E-state index is 0.497. The fourth-order valence-corrected chi connectivity index (χ4v) is 1.40. The quantitative estimate of drug-likeness (QED) is 0.314. The molecule has 1 heterocycles. The van der Waals surface area contributed by atoms with E-state index in [-0.39, 0.29) is 0 Å². The van der Waals surface area contributed by atoms with Crippen LogP contribution in [0.2, 0.25) is 0 Å². The number of hydrogen-bond donors (Lipinski definition) is 4. The summed E-state index contributed by atoms with van der Waals surface area (Å²) in [6.07, 6.45) is -5.05. The maximum absolute atomic E-state index is 9.46. The minimum atomic E-state index is -1.40. The molecule has 1 rings (SSSR count). The van der Waals surface area contributed by atoms with Crippen molar-refractivity contribution >= 4 is 17.4 Å². The van der Waals surface area contributed by atoms with Gasteiger partial charge >= 0.3 is 0 Å². The van der Waals surface area contributed by atoms with Gasteiger partial charge in [0, 0.05) is 0 Å². The van der Waals surface area contributed by atoms with E-state index < -0.39 is 37.3 Å². The Bertz CT molecular complexity index is 244. The number of isothiocyanates is 1. The van der Waals surface area contributed by atoms with Gasteiger partial charge in [0.15, 0.2) is 6.29 Å². The molecule has 0 saturated carbocycles. The molecule has 0 amide bonds. The van der Waals surface area contributed by atoms with Gasteiger partial charge in [0.1, 0.15) is 24.4 Å². The van der Waals surface area contributed by atoms with Crippen molar-refractivity contribution in [2.24, 2.45) is 4.99 Å². The molecule has 0 spiro atoms. The Kier molecular flexibility index (Phi) is 4.09. The Morgan fingerprint density at radius 2 is 1.93 bits per heavy atom. The lowest BCUT2D eigenvalue weighted by Gasteiger charge is -2.37. The number of ether oxygens (including phenoxy) is 1. The van der Waals surface area contributed by atoms with Crippen molar-refractivity contribution in [1.29, 1.82) is 0 Å². The molecule has 6 nitrogen and oxygen atoms in total. The summed E-state index contributed by atoms with van der Waals surface area (Å²) in [5.41, 5.74) is 0. The van der Waals surface area contributed by atoms with Gasteiger partial charge < -0.3 is 25.2 Å². The van der Waals surface area contributed by atoms with Gasteiger partial charge in [0.2, 0.25) is 0 Å². The van der Waals surface area contributed by atoms with E-state index in [1.165, 1.54) is 0 Å². The molecular formula is C7H11NO5S. The van der Waals surface area contributed by atoms with Crippen LogP contribution in [0.15, 0.2) is 4.99 Å². The first-order valence-corrected chi connectivity index (χ1v) is 4.40. The molecule has 0 unspecified atom stereocenters. The van der Waals surface area contributed by atoms with Crippen molar-refractivity contribution < 1.29 is 25.2 Å². The summed E-state index contributed by atoms with van der Waals surface area (Å²) >= 11 is 4.31. The maximum atomic E-state index is 9.46. The summed E-state index contributed by atoms with van der Waals surface area (Å²) in [4.78, 5) is 3.46. The van der Waals surface area contributed by atoms with E-state index in [0.717, 1.165) is 0 Å². The van der Waals surface area contributed by atoms with Crippen molar-refractivity contribution in [3.8, 4) is 0 Å². The lowest BCUT2D eigenvalue weighted by atomic mass is 9.98. The zero-order valence-electron chi connectivity index (χ0n) is 7.15. The lowest BCUT2D eigenvalue weighted by Crippen LogP contribution is -2.57. The molecule has 0 radical (unpaired) electrons. The van der Waals surface area contributed by atoms with Crippen LogP contribution in [-0.2, 0) is 4.74 Å². The Balaban J connectivity index is 2.78. The molecule has 1 fully saturated rings. The number of aliphatic imine (C=N–C) groups is 1. The highest BCUT2D eigenvalue weighted by molar-refractivity contribution is 7.78. The molecule has 4 N–H and O–H groups in total. The SMILES string of the molecule is OC[C@H]1O[C@H](O)[C@@H](N=C=S)[C@@H](O)[C@@H]1O. The van der Waals surface area contributed by atoms with E-state index in [9.17, 15) is 15.3 Å². The molecular weight excluding hydrogens is 210 g/mol. The van der Waals surface area contributed by atoms with Crippen molar-refractivity contribution in [3.05, 3.63) is 0 Å². The number of thiocarbonyl (C=S) groups is 1. The normalized spacial score (nSPS) is 43.0. The molecule has 0 bridgehead atoms. The molecule has 1 aliphatic heterocycles. The second-order valence-electron chi connectivity index (χ2n) is 2.94. The highest BCUT2D eigenvalue weighted by atomic mass is 32.1. The van der Waals surface area contributed by atoms with Crippen LogP contribution in [0.25, 0.3) is 0 Å². The molecule has 7 heteroatoms. The molecule has 0 aliphatic carbocycles. The first-order valence-electron chi connectivity index (χ1n) is 3.99. The average Bonchev–Trinajstić information content (AvgIpc) is 2.18. The van der Waals surface area contributed by atoms with E-state index >= 15 is 0 Å². The number of nitrogens with zero attached hydrogens (tertiary/aromatic N) is 1. The highest BCUT2D eigenvalue weighted by Gasteiger charge is 2.43. The first kappa shape index (κ1) is 11.7. The topological polar surface area (TPSA) is 103 Å². The van der Waals surface area contributed by atoms with Gasteiger partial charge in [-0.1, -0.05) is 0 Å². The van der Waals surface area contributed by atoms with E-state index in [1.54, 1.807) is 0 Å².